The normalized spacial score (nSPS) is 26.6. The van der Waals surface area contributed by atoms with Crippen molar-refractivity contribution in [2.24, 2.45) is 23.7 Å². The Morgan fingerprint density at radius 3 is 1.00 bits per heavy atom. The van der Waals surface area contributed by atoms with Crippen LogP contribution in [0.25, 0.3) is 0 Å². The number of carbonyl (C=O) groups excluding carboxylic acids is 4. The highest BCUT2D eigenvalue weighted by atomic mass is 16.6. The summed E-state index contributed by atoms with van der Waals surface area (Å²) in [5.41, 5.74) is 0. The van der Waals surface area contributed by atoms with Gasteiger partial charge in [0.1, 0.15) is 24.4 Å². The Labute approximate surface area is 277 Å². The highest BCUT2D eigenvalue weighted by molar-refractivity contribution is 5.73. The van der Waals surface area contributed by atoms with Gasteiger partial charge in [0.25, 0.3) is 0 Å². The maximum Gasteiger partial charge on any atom is 0.320 e. The van der Waals surface area contributed by atoms with Crippen LogP contribution >= 0.6 is 0 Å². The van der Waals surface area contributed by atoms with Crippen LogP contribution in [0.4, 0.5) is 0 Å². The second kappa shape index (κ2) is 19.5. The molecule has 6 unspecified atom stereocenters. The monoisotopic (exact) mass is 654 g/mol. The Bertz CT molecular complexity index is 899. The molecule has 0 bridgehead atoms. The topological polar surface area (TPSA) is 118 Å². The molecule has 12 heteroatoms. The first kappa shape index (κ1) is 39.9. The number of rotatable bonds is 17. The van der Waals surface area contributed by atoms with Crippen molar-refractivity contribution < 1.29 is 38.1 Å². The number of carbonyl (C=O) groups is 4. The quantitative estimate of drug-likeness (QED) is 0.169. The Hall–Kier alpha value is -2.28. The molecule has 12 nitrogen and oxygen atoms in total. The molecule has 0 radical (unpaired) electrons. The van der Waals surface area contributed by atoms with Gasteiger partial charge in [0.2, 0.25) is 0 Å². The van der Waals surface area contributed by atoms with Crippen LogP contribution in [0.1, 0.15) is 65.2 Å². The Morgan fingerprint density at radius 2 is 0.739 bits per heavy atom. The average Bonchev–Trinajstić information content (AvgIpc) is 2.89. The van der Waals surface area contributed by atoms with Crippen molar-refractivity contribution in [2.75, 3.05) is 82.6 Å². The van der Waals surface area contributed by atoms with Crippen molar-refractivity contribution in [3.05, 3.63) is 0 Å². The third kappa shape index (κ3) is 15.1. The van der Waals surface area contributed by atoms with Gasteiger partial charge in [0.15, 0.2) is 0 Å². The summed E-state index contributed by atoms with van der Waals surface area (Å²) < 4.78 is 23.3. The summed E-state index contributed by atoms with van der Waals surface area (Å²) in [6, 6.07) is 0. The van der Waals surface area contributed by atoms with Crippen molar-refractivity contribution in [3.63, 3.8) is 0 Å². The van der Waals surface area contributed by atoms with Crippen LogP contribution in [0.5, 0.6) is 0 Å². The first-order valence-corrected chi connectivity index (χ1v) is 16.9. The highest BCUT2D eigenvalue weighted by Gasteiger charge is 2.39. The third-order valence-electron chi connectivity index (χ3n) is 8.97. The van der Waals surface area contributed by atoms with E-state index in [9.17, 15) is 19.2 Å². The molecule has 0 aromatic carbocycles. The van der Waals surface area contributed by atoms with E-state index in [0.29, 0.717) is 49.4 Å². The molecule has 2 aliphatic carbocycles. The lowest BCUT2D eigenvalue weighted by atomic mass is 9.73. The molecular weight excluding hydrogens is 592 g/mol. The Balaban J connectivity index is 2.00. The van der Waals surface area contributed by atoms with Crippen LogP contribution in [0.3, 0.4) is 0 Å². The summed E-state index contributed by atoms with van der Waals surface area (Å²) >= 11 is 0. The zero-order valence-electron chi connectivity index (χ0n) is 30.2. The number of nitrogens with zero attached hydrogens (tertiary/aromatic N) is 4. The fraction of sp³-hybridized carbons (Fsp3) is 0.882. The maximum absolute atomic E-state index is 12.6. The number of hydrogen-bond acceptors (Lipinski definition) is 12. The number of likely N-dealkylation sites (N-methyl/N-ethyl adjacent to an activating group) is 4. The molecule has 0 amide bonds. The summed E-state index contributed by atoms with van der Waals surface area (Å²) in [5, 5.41) is 0. The first-order valence-electron chi connectivity index (χ1n) is 16.9. The molecule has 0 aromatic rings. The fourth-order valence-electron chi connectivity index (χ4n) is 6.69. The SMILES string of the molecule is C[C@H](CC1CCC(OC(=O)CN(C)C)C(OC(=O)CN(C)C)C1)[C@@H](C)CC1CCC(OC(=O)CN(C)C)C(OC(=O)CN(C)C)C1. The van der Waals surface area contributed by atoms with Crippen LogP contribution in [0.15, 0.2) is 0 Å². The van der Waals surface area contributed by atoms with E-state index in [4.69, 9.17) is 18.9 Å². The van der Waals surface area contributed by atoms with Crippen molar-refractivity contribution in [1.82, 2.24) is 19.6 Å². The van der Waals surface area contributed by atoms with Crippen LogP contribution in [0, 0.1) is 23.7 Å². The van der Waals surface area contributed by atoms with Gasteiger partial charge >= 0.3 is 23.9 Å². The van der Waals surface area contributed by atoms with E-state index >= 15 is 0 Å². The summed E-state index contributed by atoms with van der Waals surface area (Å²) in [7, 11) is 14.6. The van der Waals surface area contributed by atoms with Crippen molar-refractivity contribution in [2.45, 2.75) is 89.6 Å². The second-order valence-electron chi connectivity index (χ2n) is 14.8. The zero-order chi connectivity index (χ0) is 34.6. The van der Waals surface area contributed by atoms with Crippen molar-refractivity contribution in [1.29, 1.82) is 0 Å². The van der Waals surface area contributed by atoms with E-state index in [-0.39, 0.29) is 50.1 Å². The standard InChI is InChI=1S/C34H62N4O8/c1-23(15-25-11-13-27(43-31(39)19-35(3)4)29(17-25)45-33(41)21-37(7)8)24(2)16-26-12-14-28(44-32(40)20-36(5)6)30(18-26)46-34(42)22-38(9)10/h23-30H,11-22H2,1-10H3/t23-,24+,25?,26?,27?,28?,29?,30?. The molecule has 8 atom stereocenters. The van der Waals surface area contributed by atoms with Gasteiger partial charge in [-0.15, -0.1) is 0 Å². The van der Waals surface area contributed by atoms with E-state index in [0.717, 1.165) is 25.7 Å². The molecule has 2 rings (SSSR count). The van der Waals surface area contributed by atoms with Crippen molar-refractivity contribution >= 4 is 23.9 Å². The second-order valence-corrected chi connectivity index (χ2v) is 14.8. The van der Waals surface area contributed by atoms with Gasteiger partial charge in [0.05, 0.1) is 26.2 Å². The van der Waals surface area contributed by atoms with E-state index in [1.54, 1.807) is 19.6 Å². The summed E-state index contributed by atoms with van der Waals surface area (Å²) in [5.74, 6) is 0.302. The largest absolute Gasteiger partial charge is 0.457 e. The maximum atomic E-state index is 12.6. The van der Waals surface area contributed by atoms with Gasteiger partial charge in [-0.2, -0.15) is 0 Å². The third-order valence-corrected chi connectivity index (χ3v) is 8.97. The van der Waals surface area contributed by atoms with Crippen molar-refractivity contribution in [3.8, 4) is 0 Å². The lowest BCUT2D eigenvalue weighted by molar-refractivity contribution is -0.174. The van der Waals surface area contributed by atoms with Gasteiger partial charge in [-0.25, -0.2) is 0 Å². The molecule has 0 heterocycles. The van der Waals surface area contributed by atoms with Gasteiger partial charge < -0.3 is 18.9 Å². The number of hydrogen-bond donors (Lipinski definition) is 0. The molecule has 0 saturated heterocycles. The molecule has 0 aromatic heterocycles. The van der Waals surface area contributed by atoms with E-state index in [1.165, 1.54) is 0 Å². The predicted molar refractivity (Wildman–Crippen MR) is 176 cm³/mol. The van der Waals surface area contributed by atoms with E-state index < -0.39 is 24.4 Å². The number of esters is 4. The van der Waals surface area contributed by atoms with Crippen LogP contribution < -0.4 is 0 Å². The molecule has 2 fully saturated rings. The van der Waals surface area contributed by atoms with Gasteiger partial charge in [-0.05, 0) is 131 Å². The van der Waals surface area contributed by atoms with Gasteiger partial charge in [0, 0.05) is 0 Å². The molecule has 2 aliphatic rings. The Kier molecular flexibility index (Phi) is 16.9. The Morgan fingerprint density at radius 1 is 0.478 bits per heavy atom. The van der Waals surface area contributed by atoms with Crippen LogP contribution in [0.2, 0.25) is 0 Å². The lowest BCUT2D eigenvalue weighted by Gasteiger charge is -2.38. The van der Waals surface area contributed by atoms with Gasteiger partial charge in [-0.3, -0.25) is 38.8 Å². The summed E-state index contributed by atoms with van der Waals surface area (Å²) in [4.78, 5) is 57.1. The molecule has 0 N–H and O–H groups in total. The minimum absolute atomic E-state index is 0.176. The first-order chi connectivity index (χ1) is 21.5. The van der Waals surface area contributed by atoms with Gasteiger partial charge in [-0.1, -0.05) is 13.8 Å². The summed E-state index contributed by atoms with van der Waals surface area (Å²) in [6.45, 7) is 5.28. The minimum Gasteiger partial charge on any atom is -0.457 e. The van der Waals surface area contributed by atoms with E-state index in [1.807, 2.05) is 56.4 Å². The highest BCUT2D eigenvalue weighted by Crippen LogP contribution is 2.39. The van der Waals surface area contributed by atoms with Crippen LogP contribution in [-0.4, -0.2) is 150 Å². The molecule has 46 heavy (non-hydrogen) atoms. The average molecular weight is 655 g/mol. The van der Waals surface area contributed by atoms with Crippen LogP contribution in [-0.2, 0) is 38.1 Å². The molecule has 2 saturated carbocycles. The zero-order valence-corrected chi connectivity index (χ0v) is 30.2. The minimum atomic E-state index is -0.456. The fourth-order valence-corrected chi connectivity index (χ4v) is 6.69. The summed E-state index contributed by atoms with van der Waals surface area (Å²) in [6.07, 6.45) is 4.69. The number of ether oxygens (including phenoxy) is 4. The molecule has 0 aliphatic heterocycles. The molecule has 0 spiro atoms. The van der Waals surface area contributed by atoms with E-state index in [2.05, 4.69) is 13.8 Å². The molecule has 266 valence electrons. The molecular formula is C34H62N4O8. The predicted octanol–water partition coefficient (Wildman–Crippen LogP) is 2.53. The smallest absolute Gasteiger partial charge is 0.320 e. The lowest BCUT2D eigenvalue weighted by Crippen LogP contribution is -2.43.